The average Bonchev–Trinajstić information content (AvgIpc) is 3.24. The Morgan fingerprint density at radius 2 is 2.15 bits per heavy atom. The molecule has 2 aromatic rings. The first-order valence-electron chi connectivity index (χ1n) is 9.27. The summed E-state index contributed by atoms with van der Waals surface area (Å²) in [5.74, 6) is -0.00719. The fraction of sp³-hybridized carbons (Fsp3) is 0.611. The third-order valence-corrected chi connectivity index (χ3v) is 5.24. The molecule has 26 heavy (non-hydrogen) atoms. The van der Waals surface area contributed by atoms with Crippen LogP contribution in [0.5, 0.6) is 0 Å². The number of aromatic nitrogens is 4. The number of H-pyrrole nitrogens is 1. The van der Waals surface area contributed by atoms with E-state index in [1.54, 1.807) is 0 Å². The molecule has 0 unspecified atom stereocenters. The van der Waals surface area contributed by atoms with Gasteiger partial charge in [-0.2, -0.15) is 10.2 Å². The van der Waals surface area contributed by atoms with Gasteiger partial charge in [0.05, 0.1) is 24.5 Å². The third kappa shape index (κ3) is 3.14. The molecule has 1 atom stereocenters. The fourth-order valence-electron chi connectivity index (χ4n) is 3.87. The lowest BCUT2D eigenvalue weighted by Gasteiger charge is -2.27. The zero-order valence-corrected chi connectivity index (χ0v) is 15.4. The molecule has 0 radical (unpaired) electrons. The molecule has 0 spiro atoms. The van der Waals surface area contributed by atoms with E-state index in [-0.39, 0.29) is 5.91 Å². The van der Waals surface area contributed by atoms with E-state index in [1.807, 2.05) is 34.6 Å². The Hall–Kier alpha value is -2.19. The van der Waals surface area contributed by atoms with Crippen molar-refractivity contribution in [2.45, 2.75) is 44.9 Å². The normalized spacial score (nSPS) is 17.9. The summed E-state index contributed by atoms with van der Waals surface area (Å²) in [4.78, 5) is 16.8. The summed E-state index contributed by atoms with van der Waals surface area (Å²) in [7, 11) is 3.84. The smallest absolute Gasteiger partial charge is 0.275 e. The van der Waals surface area contributed by atoms with Crippen LogP contribution in [0.25, 0.3) is 0 Å². The van der Waals surface area contributed by atoms with Crippen molar-refractivity contribution in [2.75, 3.05) is 27.2 Å². The van der Waals surface area contributed by atoms with Gasteiger partial charge in [-0.15, -0.1) is 0 Å². The maximum absolute atomic E-state index is 13.0. The summed E-state index contributed by atoms with van der Waals surface area (Å²) in [5, 5.41) is 22.2. The Kier molecular flexibility index (Phi) is 4.54. The second-order valence-electron chi connectivity index (χ2n) is 7.52. The van der Waals surface area contributed by atoms with Crippen molar-refractivity contribution in [2.24, 2.45) is 0 Å². The maximum Gasteiger partial charge on any atom is 0.275 e. The van der Waals surface area contributed by atoms with Crippen molar-refractivity contribution >= 4 is 5.91 Å². The second kappa shape index (κ2) is 6.85. The van der Waals surface area contributed by atoms with E-state index >= 15 is 0 Å². The minimum atomic E-state index is -0.620. The maximum atomic E-state index is 13.0. The van der Waals surface area contributed by atoms with Gasteiger partial charge in [0.2, 0.25) is 0 Å². The lowest BCUT2D eigenvalue weighted by Crippen LogP contribution is -2.39. The molecule has 0 saturated heterocycles. The number of amides is 1. The molecule has 3 heterocycles. The van der Waals surface area contributed by atoms with Crippen molar-refractivity contribution in [1.29, 1.82) is 0 Å². The number of carbonyl (C=O) groups excluding carboxylic acids is 1. The van der Waals surface area contributed by atoms with Gasteiger partial charge in [-0.25, -0.2) is 0 Å². The van der Waals surface area contributed by atoms with Gasteiger partial charge in [0.15, 0.2) is 5.69 Å². The number of aromatic amines is 1. The monoisotopic (exact) mass is 358 g/mol. The molecule has 4 rings (SSSR count). The molecule has 8 nitrogen and oxygen atoms in total. The van der Waals surface area contributed by atoms with Crippen LogP contribution in [0.15, 0.2) is 6.07 Å². The van der Waals surface area contributed by atoms with Crippen LogP contribution in [0.3, 0.4) is 0 Å². The fourth-order valence-corrected chi connectivity index (χ4v) is 3.87. The van der Waals surface area contributed by atoms with E-state index in [1.165, 1.54) is 0 Å². The Labute approximate surface area is 152 Å². The van der Waals surface area contributed by atoms with Crippen LogP contribution in [-0.2, 0) is 25.9 Å². The average molecular weight is 358 g/mol. The number of likely N-dealkylation sites (N-methyl/N-ethyl adjacent to an activating group) is 1. The highest BCUT2D eigenvalue weighted by Gasteiger charge is 2.29. The zero-order valence-electron chi connectivity index (χ0n) is 15.4. The standard InChI is InChI=1S/C18H26N6O2/c1-22(2)11-16(25)15-9-12-10-23(7-8-24(12)21-15)18(26)17-13-5-3-4-6-14(13)19-20-17/h9,16,25H,3-8,10-11H2,1-2H3,(H,19,20)/t16-/m0/s1. The van der Waals surface area contributed by atoms with Crippen LogP contribution in [0.4, 0.5) is 0 Å². The summed E-state index contributed by atoms with van der Waals surface area (Å²) in [5.41, 5.74) is 4.43. The zero-order chi connectivity index (χ0) is 18.3. The minimum Gasteiger partial charge on any atom is -0.385 e. The summed E-state index contributed by atoms with van der Waals surface area (Å²) >= 11 is 0. The molecule has 1 aliphatic heterocycles. The summed E-state index contributed by atoms with van der Waals surface area (Å²) in [6.45, 7) is 2.28. The molecule has 1 aliphatic carbocycles. The van der Waals surface area contributed by atoms with Gasteiger partial charge < -0.3 is 14.9 Å². The van der Waals surface area contributed by atoms with E-state index in [0.717, 1.165) is 42.6 Å². The molecule has 0 aromatic carbocycles. The predicted molar refractivity (Wildman–Crippen MR) is 95.7 cm³/mol. The lowest BCUT2D eigenvalue weighted by atomic mass is 9.95. The largest absolute Gasteiger partial charge is 0.385 e. The van der Waals surface area contributed by atoms with Crippen LogP contribution >= 0.6 is 0 Å². The Bertz CT molecular complexity index is 809. The quantitative estimate of drug-likeness (QED) is 0.841. The second-order valence-corrected chi connectivity index (χ2v) is 7.52. The van der Waals surface area contributed by atoms with Gasteiger partial charge in [0.1, 0.15) is 6.10 Å². The molecule has 0 bridgehead atoms. The highest BCUT2D eigenvalue weighted by molar-refractivity contribution is 5.94. The Morgan fingerprint density at radius 1 is 1.35 bits per heavy atom. The lowest BCUT2D eigenvalue weighted by molar-refractivity contribution is 0.0698. The van der Waals surface area contributed by atoms with Crippen LogP contribution in [0, 0.1) is 0 Å². The van der Waals surface area contributed by atoms with Crippen molar-refractivity contribution in [3.05, 3.63) is 34.4 Å². The van der Waals surface area contributed by atoms with Gasteiger partial charge in [-0.1, -0.05) is 0 Å². The van der Waals surface area contributed by atoms with Gasteiger partial charge in [-0.05, 0) is 45.8 Å². The number of hydrogen-bond acceptors (Lipinski definition) is 5. The molecule has 140 valence electrons. The first-order valence-corrected chi connectivity index (χ1v) is 9.27. The molecule has 2 N–H and O–H groups in total. The summed E-state index contributed by atoms with van der Waals surface area (Å²) < 4.78 is 1.90. The van der Waals surface area contributed by atoms with E-state index < -0.39 is 6.10 Å². The predicted octanol–water partition coefficient (Wildman–Crippen LogP) is 0.736. The Balaban J connectivity index is 1.50. The molecule has 8 heteroatoms. The van der Waals surface area contributed by atoms with E-state index in [4.69, 9.17) is 0 Å². The van der Waals surface area contributed by atoms with Crippen LogP contribution in [-0.4, -0.2) is 68.0 Å². The number of nitrogens with zero attached hydrogens (tertiary/aromatic N) is 5. The molecule has 0 fully saturated rings. The van der Waals surface area contributed by atoms with Gasteiger partial charge >= 0.3 is 0 Å². The first kappa shape index (κ1) is 17.2. The molecule has 2 aliphatic rings. The molecule has 0 saturated carbocycles. The van der Waals surface area contributed by atoms with Crippen molar-refractivity contribution in [1.82, 2.24) is 29.8 Å². The van der Waals surface area contributed by atoms with Crippen LogP contribution in [0.1, 0.15) is 52.1 Å². The van der Waals surface area contributed by atoms with Crippen molar-refractivity contribution in [3.63, 3.8) is 0 Å². The molecular formula is C18H26N6O2. The van der Waals surface area contributed by atoms with E-state index in [9.17, 15) is 9.90 Å². The number of hydrogen-bond donors (Lipinski definition) is 2. The van der Waals surface area contributed by atoms with Crippen molar-refractivity contribution in [3.8, 4) is 0 Å². The molecular weight excluding hydrogens is 332 g/mol. The van der Waals surface area contributed by atoms with Gasteiger partial charge in [0, 0.05) is 24.3 Å². The topological polar surface area (TPSA) is 90.3 Å². The minimum absolute atomic E-state index is 0.00719. The molecule has 1 amide bonds. The van der Waals surface area contributed by atoms with Crippen LogP contribution < -0.4 is 0 Å². The first-order chi connectivity index (χ1) is 12.5. The highest BCUT2D eigenvalue weighted by atomic mass is 16.3. The SMILES string of the molecule is CN(C)C[C@H](O)c1cc2n(n1)CCN(C(=O)c1n[nH]c3c1CCCC3)C2. The molecule has 2 aromatic heterocycles. The summed E-state index contributed by atoms with van der Waals surface area (Å²) in [6.07, 6.45) is 3.57. The number of aryl methyl sites for hydroxylation is 1. The number of rotatable bonds is 4. The summed E-state index contributed by atoms with van der Waals surface area (Å²) in [6, 6.07) is 1.91. The Morgan fingerprint density at radius 3 is 2.96 bits per heavy atom. The van der Waals surface area contributed by atoms with Gasteiger partial charge in [-0.3, -0.25) is 14.6 Å². The van der Waals surface area contributed by atoms with E-state index in [2.05, 4.69) is 15.3 Å². The van der Waals surface area contributed by atoms with Crippen LogP contribution in [0.2, 0.25) is 0 Å². The number of nitrogens with one attached hydrogen (secondary N) is 1. The third-order valence-electron chi connectivity index (χ3n) is 5.24. The number of aliphatic hydroxyl groups excluding tert-OH is 1. The van der Waals surface area contributed by atoms with Gasteiger partial charge in [0.25, 0.3) is 5.91 Å². The number of aliphatic hydroxyl groups is 1. The van der Waals surface area contributed by atoms with E-state index in [0.29, 0.717) is 37.6 Å². The highest BCUT2D eigenvalue weighted by Crippen LogP contribution is 2.25. The van der Waals surface area contributed by atoms with Crippen molar-refractivity contribution < 1.29 is 9.90 Å². The number of carbonyl (C=O) groups is 1. The number of fused-ring (bicyclic) bond motifs is 2.